The lowest BCUT2D eigenvalue weighted by Crippen LogP contribution is -2.20. The Kier molecular flexibility index (Phi) is 3.01. The van der Waals surface area contributed by atoms with Crippen molar-refractivity contribution in [2.45, 2.75) is 38.0 Å². The third kappa shape index (κ3) is 2.35. The third-order valence-electron chi connectivity index (χ3n) is 4.30. The zero-order valence-electron chi connectivity index (χ0n) is 10.7. The van der Waals surface area contributed by atoms with E-state index in [9.17, 15) is 9.59 Å². The number of carboxylic acid groups (broad SMARTS) is 1. The molecule has 1 aliphatic heterocycles. The molecule has 100 valence electrons. The fourth-order valence-corrected chi connectivity index (χ4v) is 3.18. The summed E-state index contributed by atoms with van der Waals surface area (Å²) in [6.07, 6.45) is 3.84. The standard InChI is InChI=1S/C15H17NO3/c17-14-8-12-7-11(5-6-13(12)16-14)9-1-3-10(4-2-9)15(18)19/h5-7,9-10H,1-4,8H2,(H,16,17)(H,18,19). The van der Waals surface area contributed by atoms with Crippen LogP contribution in [0.2, 0.25) is 0 Å². The zero-order valence-corrected chi connectivity index (χ0v) is 10.7. The van der Waals surface area contributed by atoms with E-state index in [0.717, 1.165) is 36.9 Å². The highest BCUT2D eigenvalue weighted by Crippen LogP contribution is 2.37. The van der Waals surface area contributed by atoms with Crippen molar-refractivity contribution in [3.63, 3.8) is 0 Å². The van der Waals surface area contributed by atoms with Crippen LogP contribution in [-0.2, 0) is 16.0 Å². The Balaban J connectivity index is 1.73. The molecule has 4 heteroatoms. The zero-order chi connectivity index (χ0) is 13.4. The lowest BCUT2D eigenvalue weighted by atomic mass is 9.78. The highest BCUT2D eigenvalue weighted by molar-refractivity contribution is 5.99. The second-order valence-electron chi connectivity index (χ2n) is 5.53. The largest absolute Gasteiger partial charge is 0.481 e. The Morgan fingerprint density at radius 2 is 1.95 bits per heavy atom. The molecule has 1 aliphatic carbocycles. The molecule has 19 heavy (non-hydrogen) atoms. The minimum absolute atomic E-state index is 0.0572. The van der Waals surface area contributed by atoms with Gasteiger partial charge in [0.25, 0.3) is 0 Å². The number of nitrogens with one attached hydrogen (secondary N) is 1. The van der Waals surface area contributed by atoms with Gasteiger partial charge < -0.3 is 10.4 Å². The number of fused-ring (bicyclic) bond motifs is 1. The molecule has 0 aromatic heterocycles. The molecule has 2 aliphatic rings. The third-order valence-corrected chi connectivity index (χ3v) is 4.30. The molecule has 0 spiro atoms. The summed E-state index contributed by atoms with van der Waals surface area (Å²) in [4.78, 5) is 22.3. The summed E-state index contributed by atoms with van der Waals surface area (Å²) in [5.41, 5.74) is 3.25. The van der Waals surface area contributed by atoms with Crippen LogP contribution in [0.4, 0.5) is 5.69 Å². The second kappa shape index (κ2) is 4.68. The molecule has 1 aromatic rings. The maximum atomic E-state index is 11.3. The number of amides is 1. The number of benzene rings is 1. The van der Waals surface area contributed by atoms with E-state index in [1.165, 1.54) is 5.56 Å². The van der Waals surface area contributed by atoms with Crippen LogP contribution in [0.1, 0.15) is 42.7 Å². The van der Waals surface area contributed by atoms with Crippen molar-refractivity contribution in [1.82, 2.24) is 0 Å². The number of carbonyl (C=O) groups is 2. The predicted octanol–water partition coefficient (Wildman–Crippen LogP) is 2.54. The van der Waals surface area contributed by atoms with Crippen molar-refractivity contribution in [3.05, 3.63) is 29.3 Å². The Hall–Kier alpha value is -1.84. The number of carbonyl (C=O) groups excluding carboxylic acids is 1. The van der Waals surface area contributed by atoms with Gasteiger partial charge in [0.2, 0.25) is 5.91 Å². The van der Waals surface area contributed by atoms with E-state index >= 15 is 0 Å². The lowest BCUT2D eigenvalue weighted by Gasteiger charge is -2.26. The van der Waals surface area contributed by atoms with Crippen molar-refractivity contribution in [2.75, 3.05) is 5.32 Å². The number of hydrogen-bond acceptors (Lipinski definition) is 2. The van der Waals surface area contributed by atoms with E-state index in [-0.39, 0.29) is 11.8 Å². The molecule has 0 saturated heterocycles. The van der Waals surface area contributed by atoms with Crippen molar-refractivity contribution < 1.29 is 14.7 Å². The van der Waals surface area contributed by atoms with Gasteiger partial charge in [0.15, 0.2) is 0 Å². The molecule has 1 amide bonds. The van der Waals surface area contributed by atoms with Gasteiger partial charge in [-0.2, -0.15) is 0 Å². The Morgan fingerprint density at radius 1 is 1.21 bits per heavy atom. The number of aliphatic carboxylic acids is 1. The average Bonchev–Trinajstić information content (AvgIpc) is 2.77. The van der Waals surface area contributed by atoms with E-state index in [0.29, 0.717) is 12.3 Å². The van der Waals surface area contributed by atoms with Crippen LogP contribution in [-0.4, -0.2) is 17.0 Å². The topological polar surface area (TPSA) is 66.4 Å². The first kappa shape index (κ1) is 12.2. The van der Waals surface area contributed by atoms with Crippen molar-refractivity contribution in [3.8, 4) is 0 Å². The summed E-state index contributed by atoms with van der Waals surface area (Å²) in [6.45, 7) is 0. The first-order valence-electron chi connectivity index (χ1n) is 6.79. The fraction of sp³-hybridized carbons (Fsp3) is 0.467. The lowest BCUT2D eigenvalue weighted by molar-refractivity contribution is -0.142. The van der Waals surface area contributed by atoms with Crippen LogP contribution in [0.3, 0.4) is 0 Å². The Labute approximate surface area is 111 Å². The van der Waals surface area contributed by atoms with Gasteiger partial charge in [-0.05, 0) is 48.8 Å². The molecular weight excluding hydrogens is 242 g/mol. The van der Waals surface area contributed by atoms with Gasteiger partial charge in [-0.3, -0.25) is 9.59 Å². The molecule has 0 bridgehead atoms. The van der Waals surface area contributed by atoms with Gasteiger partial charge in [-0.1, -0.05) is 12.1 Å². The first-order valence-corrected chi connectivity index (χ1v) is 6.79. The van der Waals surface area contributed by atoms with Crippen LogP contribution < -0.4 is 5.32 Å². The molecule has 1 aromatic carbocycles. The van der Waals surface area contributed by atoms with E-state index in [2.05, 4.69) is 17.4 Å². The molecular formula is C15H17NO3. The normalized spacial score (nSPS) is 25.8. The first-order chi connectivity index (χ1) is 9.13. The van der Waals surface area contributed by atoms with Gasteiger partial charge in [-0.25, -0.2) is 0 Å². The van der Waals surface area contributed by atoms with Crippen LogP contribution in [0.5, 0.6) is 0 Å². The molecule has 3 rings (SSSR count). The molecule has 0 unspecified atom stereocenters. The van der Waals surface area contributed by atoms with E-state index < -0.39 is 5.97 Å². The fourth-order valence-electron chi connectivity index (χ4n) is 3.18. The second-order valence-corrected chi connectivity index (χ2v) is 5.53. The molecule has 4 nitrogen and oxygen atoms in total. The van der Waals surface area contributed by atoms with Gasteiger partial charge in [0.1, 0.15) is 0 Å². The van der Waals surface area contributed by atoms with Crippen LogP contribution in [0.25, 0.3) is 0 Å². The molecule has 1 saturated carbocycles. The molecule has 1 heterocycles. The number of rotatable bonds is 2. The molecule has 1 fully saturated rings. The monoisotopic (exact) mass is 259 g/mol. The van der Waals surface area contributed by atoms with E-state index in [4.69, 9.17) is 5.11 Å². The minimum atomic E-state index is -0.665. The SMILES string of the molecule is O=C1Cc2cc(C3CCC(C(=O)O)CC3)ccc2N1. The van der Waals surface area contributed by atoms with Crippen LogP contribution in [0, 0.1) is 5.92 Å². The highest BCUT2D eigenvalue weighted by atomic mass is 16.4. The summed E-state index contributed by atoms with van der Waals surface area (Å²) in [5.74, 6) is -0.338. The smallest absolute Gasteiger partial charge is 0.306 e. The summed E-state index contributed by atoms with van der Waals surface area (Å²) in [7, 11) is 0. The summed E-state index contributed by atoms with van der Waals surface area (Å²) in [6, 6.07) is 6.15. The number of carboxylic acids is 1. The quantitative estimate of drug-likeness (QED) is 0.857. The molecule has 0 atom stereocenters. The summed E-state index contributed by atoms with van der Waals surface area (Å²) < 4.78 is 0. The predicted molar refractivity (Wildman–Crippen MR) is 71.1 cm³/mol. The van der Waals surface area contributed by atoms with Gasteiger partial charge in [0, 0.05) is 5.69 Å². The molecule has 0 radical (unpaired) electrons. The van der Waals surface area contributed by atoms with Crippen LogP contribution in [0.15, 0.2) is 18.2 Å². The van der Waals surface area contributed by atoms with Gasteiger partial charge >= 0.3 is 5.97 Å². The maximum absolute atomic E-state index is 11.3. The average molecular weight is 259 g/mol. The van der Waals surface area contributed by atoms with Crippen molar-refractivity contribution >= 4 is 17.6 Å². The van der Waals surface area contributed by atoms with Gasteiger partial charge in [-0.15, -0.1) is 0 Å². The van der Waals surface area contributed by atoms with E-state index in [1.807, 2.05) is 6.07 Å². The maximum Gasteiger partial charge on any atom is 0.306 e. The molecule has 2 N–H and O–H groups in total. The number of hydrogen-bond donors (Lipinski definition) is 2. The summed E-state index contributed by atoms with van der Waals surface area (Å²) >= 11 is 0. The minimum Gasteiger partial charge on any atom is -0.481 e. The van der Waals surface area contributed by atoms with Crippen LogP contribution >= 0.6 is 0 Å². The van der Waals surface area contributed by atoms with Gasteiger partial charge in [0.05, 0.1) is 12.3 Å². The van der Waals surface area contributed by atoms with Crippen molar-refractivity contribution in [2.24, 2.45) is 5.92 Å². The summed E-state index contributed by atoms with van der Waals surface area (Å²) in [5, 5.41) is 11.8. The van der Waals surface area contributed by atoms with E-state index in [1.54, 1.807) is 0 Å². The van der Waals surface area contributed by atoms with Crippen molar-refractivity contribution in [1.29, 1.82) is 0 Å². The number of anilines is 1. The highest BCUT2D eigenvalue weighted by Gasteiger charge is 2.27. The Morgan fingerprint density at radius 3 is 2.63 bits per heavy atom. The Bertz CT molecular complexity index is 530.